The second-order valence-electron chi connectivity index (χ2n) is 9.06. The molecule has 2 atom stereocenters. The van der Waals surface area contributed by atoms with E-state index in [2.05, 4.69) is 52.5 Å². The average Bonchev–Trinajstić information content (AvgIpc) is 3.36. The first-order chi connectivity index (χ1) is 15.1. The van der Waals surface area contributed by atoms with Crippen molar-refractivity contribution >= 4 is 5.91 Å². The summed E-state index contributed by atoms with van der Waals surface area (Å²) in [5.74, 6) is 2.36. The minimum absolute atomic E-state index is 0.147. The molecule has 1 amide bonds. The molecule has 2 aromatic carbocycles. The first-order valence-corrected chi connectivity index (χ1v) is 11.1. The van der Waals surface area contributed by atoms with E-state index in [0.717, 1.165) is 44.0 Å². The SMILES string of the molecule is Cc1ccc(CN2C[C@H]3Cc4nnc(C(=O)NCc5ccccc5)n4C[C@H]3C2)cc1C. The molecule has 0 unspecified atom stereocenters. The van der Waals surface area contributed by atoms with Crippen LogP contribution in [0.5, 0.6) is 0 Å². The first kappa shape index (κ1) is 19.9. The molecule has 3 aromatic rings. The summed E-state index contributed by atoms with van der Waals surface area (Å²) in [7, 11) is 0. The number of fused-ring (bicyclic) bond motifs is 2. The number of nitrogens with one attached hydrogen (secondary N) is 1. The summed E-state index contributed by atoms with van der Waals surface area (Å²) in [4.78, 5) is 15.3. The van der Waals surface area contributed by atoms with Gasteiger partial charge in [0.15, 0.2) is 0 Å². The Morgan fingerprint density at radius 3 is 2.58 bits per heavy atom. The third kappa shape index (κ3) is 4.12. The van der Waals surface area contributed by atoms with Crippen LogP contribution in [0, 0.1) is 25.7 Å². The van der Waals surface area contributed by atoms with Crippen LogP contribution in [0.3, 0.4) is 0 Å². The molecule has 0 spiro atoms. The zero-order valence-corrected chi connectivity index (χ0v) is 18.2. The second kappa shape index (κ2) is 8.27. The molecule has 0 radical (unpaired) electrons. The Balaban J connectivity index is 1.23. The highest BCUT2D eigenvalue weighted by Gasteiger charge is 2.39. The quantitative estimate of drug-likeness (QED) is 0.695. The summed E-state index contributed by atoms with van der Waals surface area (Å²) < 4.78 is 2.04. The Kier molecular flexibility index (Phi) is 5.32. The molecule has 1 fully saturated rings. The number of carbonyl (C=O) groups is 1. The molecule has 3 heterocycles. The van der Waals surface area contributed by atoms with Gasteiger partial charge in [-0.2, -0.15) is 0 Å². The summed E-state index contributed by atoms with van der Waals surface area (Å²) in [6, 6.07) is 16.7. The number of hydrogen-bond donors (Lipinski definition) is 1. The number of likely N-dealkylation sites (tertiary alicyclic amines) is 1. The molecule has 6 heteroatoms. The van der Waals surface area contributed by atoms with Gasteiger partial charge in [0, 0.05) is 39.1 Å². The maximum atomic E-state index is 12.8. The van der Waals surface area contributed by atoms with E-state index in [0.29, 0.717) is 24.2 Å². The maximum absolute atomic E-state index is 12.8. The van der Waals surface area contributed by atoms with Gasteiger partial charge in [-0.25, -0.2) is 0 Å². The number of hydrogen-bond acceptors (Lipinski definition) is 4. The van der Waals surface area contributed by atoms with Crippen LogP contribution in [0.1, 0.15) is 38.7 Å². The van der Waals surface area contributed by atoms with Gasteiger partial charge in [-0.05, 0) is 47.9 Å². The van der Waals surface area contributed by atoms with Crippen LogP contribution in [-0.4, -0.2) is 38.7 Å². The number of amides is 1. The van der Waals surface area contributed by atoms with Crippen molar-refractivity contribution in [2.75, 3.05) is 13.1 Å². The molecule has 31 heavy (non-hydrogen) atoms. The van der Waals surface area contributed by atoms with E-state index in [9.17, 15) is 4.79 Å². The van der Waals surface area contributed by atoms with Gasteiger partial charge in [-0.1, -0.05) is 48.5 Å². The Morgan fingerprint density at radius 1 is 0.968 bits per heavy atom. The van der Waals surface area contributed by atoms with Crippen LogP contribution in [0.15, 0.2) is 48.5 Å². The van der Waals surface area contributed by atoms with E-state index < -0.39 is 0 Å². The molecule has 1 N–H and O–H groups in total. The van der Waals surface area contributed by atoms with Gasteiger partial charge in [0.2, 0.25) is 5.82 Å². The van der Waals surface area contributed by atoms with Crippen LogP contribution in [-0.2, 0) is 26.1 Å². The van der Waals surface area contributed by atoms with Crippen molar-refractivity contribution in [3.8, 4) is 0 Å². The number of nitrogens with zero attached hydrogens (tertiary/aromatic N) is 4. The Bertz CT molecular complexity index is 1090. The third-order valence-electron chi connectivity index (χ3n) is 6.82. The molecule has 2 aliphatic heterocycles. The molecule has 6 nitrogen and oxygen atoms in total. The van der Waals surface area contributed by atoms with Crippen LogP contribution < -0.4 is 5.32 Å². The van der Waals surface area contributed by atoms with E-state index in [1.54, 1.807) is 0 Å². The Morgan fingerprint density at radius 2 is 1.77 bits per heavy atom. The summed E-state index contributed by atoms with van der Waals surface area (Å²) in [6.07, 6.45) is 0.896. The lowest BCUT2D eigenvalue weighted by Crippen LogP contribution is -2.32. The zero-order valence-electron chi connectivity index (χ0n) is 18.2. The lowest BCUT2D eigenvalue weighted by molar-refractivity contribution is 0.0932. The van der Waals surface area contributed by atoms with Crippen molar-refractivity contribution in [3.05, 3.63) is 82.4 Å². The van der Waals surface area contributed by atoms with Crippen molar-refractivity contribution in [3.63, 3.8) is 0 Å². The lowest BCUT2D eigenvalue weighted by atomic mass is 9.89. The second-order valence-corrected chi connectivity index (χ2v) is 9.06. The van der Waals surface area contributed by atoms with E-state index >= 15 is 0 Å². The first-order valence-electron chi connectivity index (χ1n) is 11.1. The van der Waals surface area contributed by atoms with Gasteiger partial charge >= 0.3 is 0 Å². The van der Waals surface area contributed by atoms with E-state index in [-0.39, 0.29) is 5.91 Å². The topological polar surface area (TPSA) is 63.1 Å². The minimum atomic E-state index is -0.147. The fraction of sp³-hybridized carbons (Fsp3) is 0.400. The largest absolute Gasteiger partial charge is 0.345 e. The van der Waals surface area contributed by atoms with Crippen molar-refractivity contribution in [2.45, 2.75) is 39.9 Å². The van der Waals surface area contributed by atoms with Crippen molar-refractivity contribution in [2.24, 2.45) is 11.8 Å². The number of aromatic nitrogens is 3. The Labute approximate surface area is 183 Å². The highest BCUT2D eigenvalue weighted by Crippen LogP contribution is 2.33. The molecule has 1 saturated heterocycles. The van der Waals surface area contributed by atoms with Crippen LogP contribution in [0.25, 0.3) is 0 Å². The van der Waals surface area contributed by atoms with E-state index in [1.165, 1.54) is 16.7 Å². The normalized spacial score (nSPS) is 20.3. The predicted molar refractivity (Wildman–Crippen MR) is 120 cm³/mol. The fourth-order valence-corrected chi connectivity index (χ4v) is 4.94. The van der Waals surface area contributed by atoms with Crippen molar-refractivity contribution in [1.82, 2.24) is 25.0 Å². The highest BCUT2D eigenvalue weighted by molar-refractivity contribution is 5.90. The Hall–Kier alpha value is -2.99. The van der Waals surface area contributed by atoms with Crippen molar-refractivity contribution < 1.29 is 4.79 Å². The van der Waals surface area contributed by atoms with Gasteiger partial charge in [0.25, 0.3) is 5.91 Å². The summed E-state index contributed by atoms with van der Waals surface area (Å²) in [5.41, 5.74) is 5.15. The van der Waals surface area contributed by atoms with Crippen molar-refractivity contribution in [1.29, 1.82) is 0 Å². The van der Waals surface area contributed by atoms with Gasteiger partial charge in [0.05, 0.1) is 0 Å². The molecule has 160 valence electrons. The van der Waals surface area contributed by atoms with Gasteiger partial charge in [-0.3, -0.25) is 9.69 Å². The molecule has 5 rings (SSSR count). The van der Waals surface area contributed by atoms with Crippen LogP contribution in [0.4, 0.5) is 0 Å². The molecule has 0 aliphatic carbocycles. The van der Waals surface area contributed by atoms with Gasteiger partial charge in [0.1, 0.15) is 5.82 Å². The highest BCUT2D eigenvalue weighted by atomic mass is 16.2. The summed E-state index contributed by atoms with van der Waals surface area (Å²) in [5, 5.41) is 11.6. The van der Waals surface area contributed by atoms with Crippen LogP contribution in [0.2, 0.25) is 0 Å². The monoisotopic (exact) mass is 415 g/mol. The smallest absolute Gasteiger partial charge is 0.289 e. The fourth-order valence-electron chi connectivity index (χ4n) is 4.94. The standard InChI is InChI=1S/C25H29N5O/c1-17-8-9-20(10-18(17)2)13-29-14-21-11-23-27-28-24(30(23)16-22(21)15-29)25(31)26-12-19-6-4-3-5-7-19/h3-10,21-22H,11-16H2,1-2H3,(H,26,31)/t21-,22-/m1/s1. The van der Waals surface area contributed by atoms with E-state index in [1.807, 2.05) is 34.9 Å². The number of rotatable bonds is 5. The summed E-state index contributed by atoms with van der Waals surface area (Å²) in [6.45, 7) is 8.78. The molecular formula is C25H29N5O. The maximum Gasteiger partial charge on any atom is 0.289 e. The molecule has 0 bridgehead atoms. The molecule has 0 saturated carbocycles. The number of carbonyl (C=O) groups excluding carboxylic acids is 1. The third-order valence-corrected chi connectivity index (χ3v) is 6.82. The number of aryl methyl sites for hydroxylation is 2. The van der Waals surface area contributed by atoms with Gasteiger partial charge < -0.3 is 9.88 Å². The van der Waals surface area contributed by atoms with Crippen LogP contribution >= 0.6 is 0 Å². The number of benzene rings is 2. The molecular weight excluding hydrogens is 386 g/mol. The lowest BCUT2D eigenvalue weighted by Gasteiger charge is -2.25. The summed E-state index contributed by atoms with van der Waals surface area (Å²) >= 11 is 0. The zero-order chi connectivity index (χ0) is 21.4. The molecule has 1 aromatic heterocycles. The average molecular weight is 416 g/mol. The van der Waals surface area contributed by atoms with E-state index in [4.69, 9.17) is 0 Å². The minimum Gasteiger partial charge on any atom is -0.345 e. The predicted octanol–water partition coefficient (Wildman–Crippen LogP) is 3.13. The molecule has 2 aliphatic rings. The van der Waals surface area contributed by atoms with Gasteiger partial charge in [-0.15, -0.1) is 10.2 Å².